The van der Waals surface area contributed by atoms with Crippen molar-refractivity contribution in [2.45, 2.75) is 31.5 Å². The summed E-state index contributed by atoms with van der Waals surface area (Å²) < 4.78 is 3.73. The normalized spacial score (nSPS) is 17.9. The van der Waals surface area contributed by atoms with Gasteiger partial charge in [0.25, 0.3) is 0 Å². The van der Waals surface area contributed by atoms with Gasteiger partial charge in [-0.25, -0.2) is 19.2 Å². The van der Waals surface area contributed by atoms with E-state index in [4.69, 9.17) is 15.8 Å². The number of fused-ring (bicyclic) bond motifs is 2. The Morgan fingerprint density at radius 3 is 2.65 bits per heavy atom. The Hall–Kier alpha value is -2.69. The summed E-state index contributed by atoms with van der Waals surface area (Å²) in [6.07, 6.45) is 1.90. The molecule has 0 saturated heterocycles. The van der Waals surface area contributed by atoms with Gasteiger partial charge in [0, 0.05) is 11.6 Å². The van der Waals surface area contributed by atoms with Gasteiger partial charge in [0.2, 0.25) is 5.66 Å². The van der Waals surface area contributed by atoms with Gasteiger partial charge in [0.05, 0.1) is 16.9 Å². The number of hydrogen-bond donors (Lipinski definition) is 3. The topological polar surface area (TPSA) is 101 Å². The third kappa shape index (κ3) is 3.35. The molecule has 5 rings (SSSR count). The summed E-state index contributed by atoms with van der Waals surface area (Å²) in [6.45, 7) is 6.16. The smallest absolute Gasteiger partial charge is 0.200 e. The van der Waals surface area contributed by atoms with Crippen molar-refractivity contribution in [2.75, 3.05) is 16.8 Å². The monoisotopic (exact) mass is 452 g/mol. The average Bonchev–Trinajstić information content (AvgIpc) is 3.46. The van der Waals surface area contributed by atoms with E-state index >= 15 is 0 Å². The van der Waals surface area contributed by atoms with E-state index in [9.17, 15) is 0 Å². The number of thioether (sulfide) groups is 2. The maximum Gasteiger partial charge on any atom is 0.200 e. The second-order valence-corrected chi connectivity index (χ2v) is 9.80. The van der Waals surface area contributed by atoms with E-state index in [1.807, 2.05) is 48.0 Å². The molecule has 1 unspecified atom stereocenters. The third-order valence-corrected chi connectivity index (χ3v) is 6.80. The van der Waals surface area contributed by atoms with Crippen molar-refractivity contribution < 1.29 is 0 Å². The zero-order chi connectivity index (χ0) is 21.6. The zero-order valence-corrected chi connectivity index (χ0v) is 19.2. The minimum Gasteiger partial charge on any atom is -0.338 e. The quantitative estimate of drug-likeness (QED) is 0.301. The van der Waals surface area contributed by atoms with Crippen LogP contribution in [0.15, 0.2) is 52.7 Å². The lowest BCUT2D eigenvalue weighted by molar-refractivity contribution is 0.644. The molecule has 0 fully saturated rings. The number of nitrogens with one attached hydrogen (secondary N) is 2. The van der Waals surface area contributed by atoms with Gasteiger partial charge in [-0.2, -0.15) is 5.10 Å². The first kappa shape index (κ1) is 20.2. The van der Waals surface area contributed by atoms with Crippen molar-refractivity contribution in [1.29, 1.82) is 0 Å². The first-order valence-electron chi connectivity index (χ1n) is 10.2. The van der Waals surface area contributed by atoms with Crippen LogP contribution in [0.4, 0.5) is 5.82 Å². The lowest BCUT2D eigenvalue weighted by atomic mass is 10.1. The standard InChI is InChI=1S/C21H24N8S2/c1-4-30-16-11-15-24-17(14-9-7-6-8-10-14)18(29(15)26-16)25-21(22)19-23-13(3)12-28(19)27-20(21)31-5-2/h6-12,25-26H,4-5,22H2,1-3H3. The Bertz CT molecular complexity index is 1270. The summed E-state index contributed by atoms with van der Waals surface area (Å²) in [6, 6.07) is 12.2. The van der Waals surface area contributed by atoms with Crippen LogP contribution in [0.5, 0.6) is 0 Å². The minimum absolute atomic E-state index is 0.671. The molecule has 4 aromatic rings. The van der Waals surface area contributed by atoms with E-state index in [0.29, 0.717) is 5.82 Å². The molecule has 8 nitrogen and oxygen atoms in total. The van der Waals surface area contributed by atoms with Crippen molar-refractivity contribution in [3.8, 4) is 11.3 Å². The number of imidazole rings is 2. The van der Waals surface area contributed by atoms with E-state index in [2.05, 4.69) is 35.3 Å². The summed E-state index contributed by atoms with van der Waals surface area (Å²) in [4.78, 5) is 9.60. The van der Waals surface area contributed by atoms with Crippen molar-refractivity contribution in [3.05, 3.63) is 54.1 Å². The van der Waals surface area contributed by atoms with E-state index in [-0.39, 0.29) is 0 Å². The van der Waals surface area contributed by atoms with Gasteiger partial charge < -0.3 is 5.32 Å². The fourth-order valence-electron chi connectivity index (χ4n) is 3.73. The number of nitrogens with zero attached hydrogens (tertiary/aromatic N) is 5. The fraction of sp³-hybridized carbons (Fsp3) is 0.286. The number of rotatable bonds is 6. The van der Waals surface area contributed by atoms with Gasteiger partial charge in [-0.15, -0.1) is 23.5 Å². The van der Waals surface area contributed by atoms with Crippen molar-refractivity contribution >= 4 is 40.0 Å². The Morgan fingerprint density at radius 2 is 1.90 bits per heavy atom. The number of hydrogen-bond acceptors (Lipinski definition) is 7. The highest BCUT2D eigenvalue weighted by Crippen LogP contribution is 2.37. The molecular weight excluding hydrogens is 428 g/mol. The molecule has 1 aliphatic heterocycles. The molecule has 4 heterocycles. The Balaban J connectivity index is 1.67. The number of aromatic amines is 1. The number of aryl methyl sites for hydroxylation is 1. The molecule has 4 N–H and O–H groups in total. The van der Waals surface area contributed by atoms with Gasteiger partial charge in [-0.3, -0.25) is 10.8 Å². The van der Waals surface area contributed by atoms with Crippen LogP contribution in [-0.2, 0) is 5.66 Å². The summed E-state index contributed by atoms with van der Waals surface area (Å²) >= 11 is 3.35. The van der Waals surface area contributed by atoms with Crippen LogP contribution in [0.2, 0.25) is 0 Å². The molecule has 1 aromatic carbocycles. The molecule has 0 spiro atoms. The summed E-state index contributed by atoms with van der Waals surface area (Å²) in [7, 11) is 0. The largest absolute Gasteiger partial charge is 0.338 e. The molecule has 3 aromatic heterocycles. The molecule has 160 valence electrons. The molecule has 0 bridgehead atoms. The number of nitrogens with two attached hydrogens (primary N) is 1. The molecular formula is C21H24N8S2. The molecule has 10 heteroatoms. The van der Waals surface area contributed by atoms with Gasteiger partial charge in [0.15, 0.2) is 17.3 Å². The van der Waals surface area contributed by atoms with Gasteiger partial charge in [-0.05, 0) is 18.4 Å². The highest BCUT2D eigenvalue weighted by atomic mass is 32.2. The van der Waals surface area contributed by atoms with Crippen molar-refractivity contribution in [2.24, 2.45) is 10.8 Å². The van der Waals surface area contributed by atoms with Crippen LogP contribution < -0.4 is 11.1 Å². The minimum atomic E-state index is -1.06. The summed E-state index contributed by atoms with van der Waals surface area (Å²) in [5, 5.41) is 13.6. The van der Waals surface area contributed by atoms with E-state index in [0.717, 1.165) is 50.0 Å². The van der Waals surface area contributed by atoms with E-state index in [1.165, 1.54) is 0 Å². The van der Waals surface area contributed by atoms with Gasteiger partial charge >= 0.3 is 0 Å². The molecule has 1 aliphatic rings. The molecule has 0 saturated carbocycles. The Morgan fingerprint density at radius 1 is 1.13 bits per heavy atom. The maximum absolute atomic E-state index is 7.00. The lowest BCUT2D eigenvalue weighted by Crippen LogP contribution is -2.50. The van der Waals surface area contributed by atoms with Crippen LogP contribution in [0.3, 0.4) is 0 Å². The van der Waals surface area contributed by atoms with Crippen LogP contribution in [-0.4, -0.2) is 40.8 Å². The molecule has 0 aliphatic carbocycles. The summed E-state index contributed by atoms with van der Waals surface area (Å²) in [5.41, 5.74) is 9.49. The number of anilines is 1. The van der Waals surface area contributed by atoms with Crippen molar-refractivity contribution in [3.63, 3.8) is 0 Å². The highest BCUT2D eigenvalue weighted by Gasteiger charge is 2.44. The fourth-order valence-corrected chi connectivity index (χ4v) is 5.17. The van der Waals surface area contributed by atoms with Crippen LogP contribution in [0.25, 0.3) is 16.9 Å². The molecule has 0 radical (unpaired) electrons. The van der Waals surface area contributed by atoms with Crippen LogP contribution in [0, 0.1) is 6.92 Å². The second kappa shape index (κ2) is 7.77. The molecule has 0 amide bonds. The average molecular weight is 453 g/mol. The predicted molar refractivity (Wildman–Crippen MR) is 129 cm³/mol. The highest BCUT2D eigenvalue weighted by molar-refractivity contribution is 8.14. The van der Waals surface area contributed by atoms with Gasteiger partial charge in [0.1, 0.15) is 10.7 Å². The zero-order valence-electron chi connectivity index (χ0n) is 17.6. The maximum atomic E-state index is 7.00. The number of benzene rings is 1. The first-order valence-corrected chi connectivity index (χ1v) is 12.2. The Kier molecular flexibility index (Phi) is 5.07. The van der Waals surface area contributed by atoms with E-state index < -0.39 is 5.66 Å². The van der Waals surface area contributed by atoms with Crippen LogP contribution in [0.1, 0.15) is 25.4 Å². The molecule has 1 atom stereocenters. The van der Waals surface area contributed by atoms with Crippen LogP contribution >= 0.6 is 23.5 Å². The number of aromatic nitrogens is 5. The third-order valence-electron chi connectivity index (χ3n) is 5.03. The Labute approximate surface area is 188 Å². The number of H-pyrrole nitrogens is 1. The van der Waals surface area contributed by atoms with Crippen molar-refractivity contribution in [1.82, 2.24) is 24.3 Å². The summed E-state index contributed by atoms with van der Waals surface area (Å²) in [5.74, 6) is 3.28. The molecule has 31 heavy (non-hydrogen) atoms. The van der Waals surface area contributed by atoms with Gasteiger partial charge in [-0.1, -0.05) is 44.2 Å². The second-order valence-electron chi connectivity index (χ2n) is 7.24. The predicted octanol–water partition coefficient (Wildman–Crippen LogP) is 4.10. The lowest BCUT2D eigenvalue weighted by Gasteiger charge is -2.26. The first-order chi connectivity index (χ1) is 15.0. The SMILES string of the molecule is CCSC1=Nn2cc(C)nc2C1(N)Nc1c(-c2ccccc2)nc2cc(SCC)[nH]n12. The van der Waals surface area contributed by atoms with E-state index in [1.54, 1.807) is 28.2 Å².